The van der Waals surface area contributed by atoms with Gasteiger partial charge in [0.1, 0.15) is 4.60 Å². The summed E-state index contributed by atoms with van der Waals surface area (Å²) in [5.74, 6) is 0.654. The van der Waals surface area contributed by atoms with Gasteiger partial charge in [0.15, 0.2) is 5.76 Å². The van der Waals surface area contributed by atoms with Crippen LogP contribution in [-0.4, -0.2) is 15.1 Å². The maximum absolute atomic E-state index is 9.22. The van der Waals surface area contributed by atoms with E-state index in [1.165, 1.54) is 0 Å². The molecule has 3 aromatic rings. The van der Waals surface area contributed by atoms with Gasteiger partial charge in [-0.05, 0) is 52.2 Å². The van der Waals surface area contributed by atoms with Crippen LogP contribution in [0.3, 0.4) is 0 Å². The SMILES string of the molecule is Cc1ccc(CO)cc1Nc1ncc(-c2ccnc(Br)c2)o1. The van der Waals surface area contributed by atoms with Crippen LogP contribution >= 0.6 is 15.9 Å². The molecule has 0 aliphatic rings. The zero-order chi connectivity index (χ0) is 15.5. The van der Waals surface area contributed by atoms with Gasteiger partial charge in [-0.3, -0.25) is 0 Å². The van der Waals surface area contributed by atoms with E-state index in [0.717, 1.165) is 27.0 Å². The van der Waals surface area contributed by atoms with Crippen molar-refractivity contribution in [2.45, 2.75) is 13.5 Å². The number of hydrogen-bond acceptors (Lipinski definition) is 5. The summed E-state index contributed by atoms with van der Waals surface area (Å²) in [7, 11) is 0. The van der Waals surface area contributed by atoms with Crippen molar-refractivity contribution in [3.8, 4) is 11.3 Å². The molecule has 0 aliphatic carbocycles. The maximum Gasteiger partial charge on any atom is 0.299 e. The number of aryl methyl sites for hydroxylation is 1. The molecule has 2 aromatic heterocycles. The first-order valence-corrected chi connectivity index (χ1v) is 7.50. The van der Waals surface area contributed by atoms with Gasteiger partial charge in [-0.1, -0.05) is 12.1 Å². The topological polar surface area (TPSA) is 71.2 Å². The molecule has 0 bridgehead atoms. The molecule has 2 heterocycles. The summed E-state index contributed by atoms with van der Waals surface area (Å²) >= 11 is 3.33. The summed E-state index contributed by atoms with van der Waals surface area (Å²) in [6.07, 6.45) is 3.36. The monoisotopic (exact) mass is 359 g/mol. The first-order chi connectivity index (χ1) is 10.7. The Labute approximate surface area is 136 Å². The van der Waals surface area contributed by atoms with Crippen molar-refractivity contribution in [1.82, 2.24) is 9.97 Å². The number of aromatic nitrogens is 2. The maximum atomic E-state index is 9.22. The van der Waals surface area contributed by atoms with Gasteiger partial charge in [0.05, 0.1) is 12.8 Å². The molecule has 0 amide bonds. The highest BCUT2D eigenvalue weighted by Crippen LogP contribution is 2.27. The van der Waals surface area contributed by atoms with Gasteiger partial charge >= 0.3 is 0 Å². The average Bonchev–Trinajstić information content (AvgIpc) is 2.98. The van der Waals surface area contributed by atoms with Gasteiger partial charge in [-0.15, -0.1) is 0 Å². The second-order valence-corrected chi connectivity index (χ2v) is 5.64. The summed E-state index contributed by atoms with van der Waals surface area (Å²) in [5.41, 5.74) is 3.63. The molecule has 1 aromatic carbocycles. The van der Waals surface area contributed by atoms with Crippen molar-refractivity contribution in [2.75, 3.05) is 5.32 Å². The average molecular weight is 360 g/mol. The van der Waals surface area contributed by atoms with Crippen LogP contribution < -0.4 is 5.32 Å². The molecule has 3 rings (SSSR count). The molecule has 0 spiro atoms. The Hall–Kier alpha value is -2.18. The largest absolute Gasteiger partial charge is 0.423 e. The smallest absolute Gasteiger partial charge is 0.299 e. The standard InChI is InChI=1S/C16H14BrN3O2/c1-10-2-3-11(9-21)6-13(10)20-16-19-8-14(22-16)12-4-5-18-15(17)7-12/h2-8,21H,9H2,1H3,(H,19,20). The lowest BCUT2D eigenvalue weighted by atomic mass is 10.1. The second-order valence-electron chi connectivity index (χ2n) is 4.83. The Bertz CT molecular complexity index is 802. The van der Waals surface area contributed by atoms with E-state index in [1.54, 1.807) is 12.4 Å². The number of rotatable bonds is 4. The van der Waals surface area contributed by atoms with E-state index >= 15 is 0 Å². The number of hydrogen-bond donors (Lipinski definition) is 2. The molecular weight excluding hydrogens is 346 g/mol. The predicted molar refractivity (Wildman–Crippen MR) is 87.8 cm³/mol. The number of halogens is 1. The van der Waals surface area contributed by atoms with Crippen molar-refractivity contribution < 1.29 is 9.52 Å². The molecule has 0 saturated carbocycles. The van der Waals surface area contributed by atoms with Crippen molar-refractivity contribution in [1.29, 1.82) is 0 Å². The predicted octanol–water partition coefficient (Wildman–Crippen LogP) is 4.04. The number of nitrogens with one attached hydrogen (secondary N) is 1. The quantitative estimate of drug-likeness (QED) is 0.687. The van der Waals surface area contributed by atoms with Crippen molar-refractivity contribution >= 4 is 27.6 Å². The second kappa shape index (κ2) is 6.29. The molecule has 6 heteroatoms. The molecule has 112 valence electrons. The van der Waals surface area contributed by atoms with Crippen LogP contribution in [0.15, 0.2) is 51.7 Å². The summed E-state index contributed by atoms with van der Waals surface area (Å²) < 4.78 is 6.46. The van der Waals surface area contributed by atoms with E-state index in [2.05, 4.69) is 31.2 Å². The number of pyridine rings is 1. The number of anilines is 2. The minimum Gasteiger partial charge on any atom is -0.423 e. The van der Waals surface area contributed by atoms with Crippen LogP contribution in [0.2, 0.25) is 0 Å². The van der Waals surface area contributed by atoms with E-state index in [4.69, 9.17) is 4.42 Å². The minimum atomic E-state index is -0.00314. The minimum absolute atomic E-state index is 0.00314. The number of aliphatic hydroxyl groups is 1. The summed E-state index contributed by atoms with van der Waals surface area (Å²) in [4.78, 5) is 8.32. The number of oxazole rings is 1. The van der Waals surface area contributed by atoms with Crippen LogP contribution in [0.25, 0.3) is 11.3 Å². The number of benzene rings is 1. The first kappa shape index (κ1) is 14.7. The Morgan fingerprint density at radius 2 is 2.09 bits per heavy atom. The summed E-state index contributed by atoms with van der Waals surface area (Å²) in [5, 5.41) is 12.4. The van der Waals surface area contributed by atoms with E-state index in [1.807, 2.05) is 37.3 Å². The lowest BCUT2D eigenvalue weighted by molar-refractivity contribution is 0.282. The molecule has 0 aliphatic heterocycles. The normalized spacial score (nSPS) is 10.7. The van der Waals surface area contributed by atoms with Gasteiger partial charge in [0.25, 0.3) is 6.01 Å². The van der Waals surface area contributed by atoms with Crippen molar-refractivity contribution in [3.63, 3.8) is 0 Å². The Balaban J connectivity index is 1.86. The fourth-order valence-electron chi connectivity index (χ4n) is 2.04. The first-order valence-electron chi connectivity index (χ1n) is 6.71. The molecule has 22 heavy (non-hydrogen) atoms. The van der Waals surface area contributed by atoms with Gasteiger partial charge in [0.2, 0.25) is 0 Å². The van der Waals surface area contributed by atoms with Gasteiger partial charge in [-0.25, -0.2) is 9.97 Å². The van der Waals surface area contributed by atoms with E-state index in [-0.39, 0.29) is 6.61 Å². The zero-order valence-electron chi connectivity index (χ0n) is 11.9. The molecule has 0 unspecified atom stereocenters. The zero-order valence-corrected chi connectivity index (χ0v) is 13.5. The molecular formula is C16H14BrN3O2. The van der Waals surface area contributed by atoms with Crippen LogP contribution in [0.1, 0.15) is 11.1 Å². The number of aliphatic hydroxyl groups excluding tert-OH is 1. The Kier molecular flexibility index (Phi) is 4.22. The van der Waals surface area contributed by atoms with Gasteiger partial charge in [-0.2, -0.15) is 0 Å². The van der Waals surface area contributed by atoms with Crippen LogP contribution in [0, 0.1) is 6.92 Å². The van der Waals surface area contributed by atoms with E-state index in [0.29, 0.717) is 11.8 Å². The Morgan fingerprint density at radius 3 is 2.86 bits per heavy atom. The van der Waals surface area contributed by atoms with Crippen LogP contribution in [0.5, 0.6) is 0 Å². The van der Waals surface area contributed by atoms with Crippen molar-refractivity contribution in [3.05, 3.63) is 58.5 Å². The molecule has 0 radical (unpaired) electrons. The number of nitrogens with zero attached hydrogens (tertiary/aromatic N) is 2. The molecule has 0 saturated heterocycles. The molecule has 0 atom stereocenters. The molecule has 2 N–H and O–H groups in total. The third-order valence-corrected chi connectivity index (χ3v) is 3.68. The fraction of sp³-hybridized carbons (Fsp3) is 0.125. The molecule has 5 nitrogen and oxygen atoms in total. The summed E-state index contributed by atoms with van der Waals surface area (Å²) in [6, 6.07) is 9.83. The fourth-order valence-corrected chi connectivity index (χ4v) is 2.40. The lowest BCUT2D eigenvalue weighted by Crippen LogP contribution is -1.95. The highest BCUT2D eigenvalue weighted by molar-refractivity contribution is 9.10. The highest BCUT2D eigenvalue weighted by atomic mass is 79.9. The van der Waals surface area contributed by atoms with Gasteiger partial charge < -0.3 is 14.8 Å². The van der Waals surface area contributed by atoms with E-state index in [9.17, 15) is 5.11 Å². The van der Waals surface area contributed by atoms with Crippen LogP contribution in [0.4, 0.5) is 11.7 Å². The van der Waals surface area contributed by atoms with Crippen LogP contribution in [-0.2, 0) is 6.61 Å². The highest BCUT2D eigenvalue weighted by Gasteiger charge is 2.09. The molecule has 0 fully saturated rings. The van der Waals surface area contributed by atoms with E-state index < -0.39 is 0 Å². The summed E-state index contributed by atoms with van der Waals surface area (Å²) in [6.45, 7) is 1.98. The third kappa shape index (κ3) is 3.18. The van der Waals surface area contributed by atoms with Crippen molar-refractivity contribution in [2.24, 2.45) is 0 Å². The third-order valence-electron chi connectivity index (χ3n) is 3.24. The lowest BCUT2D eigenvalue weighted by Gasteiger charge is -2.07. The Morgan fingerprint density at radius 1 is 1.23 bits per heavy atom. The van der Waals surface area contributed by atoms with Gasteiger partial charge in [0, 0.05) is 17.4 Å².